The second-order valence-corrected chi connectivity index (χ2v) is 7.04. The Labute approximate surface area is 116 Å². The molecule has 3 nitrogen and oxygen atoms in total. The minimum atomic E-state index is -0.812. The van der Waals surface area contributed by atoms with E-state index in [-0.39, 0.29) is 0 Å². The molecule has 2 unspecified atom stereocenters. The van der Waals surface area contributed by atoms with E-state index in [0.29, 0.717) is 17.5 Å². The second-order valence-electron chi connectivity index (χ2n) is 4.55. The number of rotatable bonds is 6. The average Bonchev–Trinajstić information content (AvgIpc) is 2.95. The second kappa shape index (κ2) is 6.59. The zero-order chi connectivity index (χ0) is 13.0. The maximum absolute atomic E-state index is 11.0. The summed E-state index contributed by atoms with van der Waals surface area (Å²) < 4.78 is 0. The lowest BCUT2D eigenvalue weighted by molar-refractivity contribution is 0.0701. The maximum atomic E-state index is 11.0. The van der Waals surface area contributed by atoms with Crippen molar-refractivity contribution in [3.8, 4) is 0 Å². The molecule has 1 aromatic heterocycles. The molecule has 1 aromatic rings. The molecule has 1 aliphatic carbocycles. The van der Waals surface area contributed by atoms with E-state index in [0.717, 1.165) is 10.8 Å². The molecule has 1 heterocycles. The third-order valence-corrected chi connectivity index (χ3v) is 5.49. The number of hydrogen-bond donors (Lipinski definition) is 2. The molecule has 1 fully saturated rings. The van der Waals surface area contributed by atoms with Crippen LogP contribution in [0.5, 0.6) is 0 Å². The Balaban J connectivity index is 1.82. The van der Waals surface area contributed by atoms with Crippen molar-refractivity contribution >= 4 is 29.1 Å². The first kappa shape index (κ1) is 13.9. The van der Waals surface area contributed by atoms with E-state index < -0.39 is 5.97 Å². The van der Waals surface area contributed by atoms with Crippen LogP contribution in [-0.2, 0) is 6.54 Å². The number of carbonyl (C=O) groups is 1. The summed E-state index contributed by atoms with van der Waals surface area (Å²) in [5.41, 5.74) is 0.916. The van der Waals surface area contributed by atoms with Crippen molar-refractivity contribution in [1.82, 2.24) is 5.32 Å². The van der Waals surface area contributed by atoms with Crippen LogP contribution in [0.4, 0.5) is 0 Å². The molecule has 2 N–H and O–H groups in total. The van der Waals surface area contributed by atoms with Crippen LogP contribution in [0.1, 0.15) is 41.4 Å². The van der Waals surface area contributed by atoms with Crippen molar-refractivity contribution < 1.29 is 9.90 Å². The lowest BCUT2D eigenvalue weighted by Crippen LogP contribution is -2.26. The smallest absolute Gasteiger partial charge is 0.346 e. The van der Waals surface area contributed by atoms with Crippen molar-refractivity contribution in [3.05, 3.63) is 21.9 Å². The van der Waals surface area contributed by atoms with Crippen LogP contribution >= 0.6 is 23.1 Å². The molecule has 100 valence electrons. The van der Waals surface area contributed by atoms with Gasteiger partial charge in [-0.3, -0.25) is 0 Å². The number of nitrogens with one attached hydrogen (secondary N) is 1. The van der Waals surface area contributed by atoms with Crippen LogP contribution in [-0.4, -0.2) is 28.1 Å². The predicted octanol–water partition coefficient (Wildman–Crippen LogP) is 3.21. The molecule has 1 aliphatic rings. The van der Waals surface area contributed by atoms with Crippen LogP contribution in [0.2, 0.25) is 0 Å². The fraction of sp³-hybridized carbons (Fsp3) is 0.615. The van der Waals surface area contributed by atoms with Gasteiger partial charge >= 0.3 is 5.97 Å². The number of aromatic carboxylic acids is 1. The van der Waals surface area contributed by atoms with Gasteiger partial charge < -0.3 is 10.4 Å². The number of thioether (sulfide) groups is 1. The molecule has 0 spiro atoms. The first-order valence-electron chi connectivity index (χ1n) is 6.35. The van der Waals surface area contributed by atoms with Crippen LogP contribution in [0.3, 0.4) is 0 Å². The van der Waals surface area contributed by atoms with Gasteiger partial charge in [-0.2, -0.15) is 11.8 Å². The summed E-state index contributed by atoms with van der Waals surface area (Å²) >= 11 is 3.35. The van der Waals surface area contributed by atoms with E-state index in [1.165, 1.54) is 36.4 Å². The van der Waals surface area contributed by atoms with E-state index >= 15 is 0 Å². The minimum Gasteiger partial charge on any atom is -0.477 e. The Hall–Kier alpha value is -0.520. The van der Waals surface area contributed by atoms with Gasteiger partial charge in [-0.1, -0.05) is 6.92 Å². The van der Waals surface area contributed by atoms with Crippen molar-refractivity contribution in [1.29, 1.82) is 0 Å². The van der Waals surface area contributed by atoms with Gasteiger partial charge in [0.1, 0.15) is 4.88 Å². The van der Waals surface area contributed by atoms with Gasteiger partial charge in [-0.15, -0.1) is 11.3 Å². The quantitative estimate of drug-likeness (QED) is 0.842. The summed E-state index contributed by atoms with van der Waals surface area (Å²) in [5.74, 6) is 0.373. The summed E-state index contributed by atoms with van der Waals surface area (Å²) in [4.78, 5) is 11.5. The number of thiophene rings is 1. The van der Waals surface area contributed by atoms with Crippen LogP contribution in [0, 0.1) is 0 Å². The monoisotopic (exact) mass is 285 g/mol. The molecule has 1 saturated carbocycles. The van der Waals surface area contributed by atoms with Gasteiger partial charge in [0.05, 0.1) is 0 Å². The van der Waals surface area contributed by atoms with Crippen molar-refractivity contribution in [2.24, 2.45) is 0 Å². The molecule has 0 aromatic carbocycles. The van der Waals surface area contributed by atoms with Crippen LogP contribution < -0.4 is 5.32 Å². The van der Waals surface area contributed by atoms with Gasteiger partial charge in [0.25, 0.3) is 0 Å². The maximum Gasteiger partial charge on any atom is 0.346 e. The van der Waals surface area contributed by atoms with E-state index in [2.05, 4.69) is 12.2 Å². The summed E-state index contributed by atoms with van der Waals surface area (Å²) in [6.45, 7) is 2.88. The summed E-state index contributed by atoms with van der Waals surface area (Å²) in [5, 5.41) is 15.2. The van der Waals surface area contributed by atoms with Gasteiger partial charge in [0.2, 0.25) is 0 Å². The normalized spacial score (nSPS) is 23.4. The first-order chi connectivity index (χ1) is 8.70. The first-order valence-corrected chi connectivity index (χ1v) is 8.28. The van der Waals surface area contributed by atoms with Crippen molar-refractivity contribution in [3.63, 3.8) is 0 Å². The van der Waals surface area contributed by atoms with Crippen molar-refractivity contribution in [2.75, 3.05) is 5.75 Å². The van der Waals surface area contributed by atoms with E-state index in [1.807, 2.05) is 23.2 Å². The molecule has 0 saturated heterocycles. The van der Waals surface area contributed by atoms with Crippen LogP contribution in [0.25, 0.3) is 0 Å². The van der Waals surface area contributed by atoms with Crippen molar-refractivity contribution in [2.45, 2.75) is 44.0 Å². The number of carboxylic acid groups (broad SMARTS) is 1. The zero-order valence-corrected chi connectivity index (χ0v) is 12.1. The van der Waals surface area contributed by atoms with Gasteiger partial charge in [-0.25, -0.2) is 4.79 Å². The minimum absolute atomic E-state index is 0.472. The topological polar surface area (TPSA) is 49.3 Å². The fourth-order valence-electron chi connectivity index (χ4n) is 2.43. The molecule has 0 amide bonds. The highest BCUT2D eigenvalue weighted by Gasteiger charge is 2.24. The molecular weight excluding hydrogens is 266 g/mol. The Morgan fingerprint density at radius 3 is 3.17 bits per heavy atom. The molecule has 0 aliphatic heterocycles. The van der Waals surface area contributed by atoms with E-state index in [9.17, 15) is 4.79 Å². The van der Waals surface area contributed by atoms with Gasteiger partial charge in [0, 0.05) is 17.8 Å². The average molecular weight is 285 g/mol. The highest BCUT2D eigenvalue weighted by Crippen LogP contribution is 2.30. The third kappa shape index (κ3) is 3.49. The number of hydrogen-bond acceptors (Lipinski definition) is 4. The number of carboxylic acids is 1. The van der Waals surface area contributed by atoms with Crippen LogP contribution in [0.15, 0.2) is 11.4 Å². The molecule has 18 heavy (non-hydrogen) atoms. The lowest BCUT2D eigenvalue weighted by Gasteiger charge is -2.12. The van der Waals surface area contributed by atoms with Gasteiger partial charge in [0.15, 0.2) is 0 Å². The molecule has 0 radical (unpaired) electrons. The summed E-state index contributed by atoms with van der Waals surface area (Å²) in [7, 11) is 0. The van der Waals surface area contributed by atoms with E-state index in [1.54, 1.807) is 0 Å². The van der Waals surface area contributed by atoms with E-state index in [4.69, 9.17) is 5.11 Å². The Kier molecular flexibility index (Phi) is 5.09. The highest BCUT2D eigenvalue weighted by molar-refractivity contribution is 7.99. The SMILES string of the molecule is CCSC1CCC(NCc2ccsc2C(=O)O)C1. The van der Waals surface area contributed by atoms with Gasteiger partial charge in [-0.05, 0) is 42.0 Å². The Morgan fingerprint density at radius 1 is 1.61 bits per heavy atom. The molecule has 2 rings (SSSR count). The standard InChI is InChI=1S/C13H19NO2S2/c1-2-17-11-4-3-10(7-11)14-8-9-5-6-18-12(9)13(15)16/h5-6,10-11,14H,2-4,7-8H2,1H3,(H,15,16). The summed E-state index contributed by atoms with van der Waals surface area (Å²) in [6.07, 6.45) is 3.71. The molecule has 0 bridgehead atoms. The molecule has 5 heteroatoms. The summed E-state index contributed by atoms with van der Waals surface area (Å²) in [6, 6.07) is 2.46. The molecule has 2 atom stereocenters. The molecular formula is C13H19NO2S2. The third-order valence-electron chi connectivity index (χ3n) is 3.31. The Morgan fingerprint density at radius 2 is 2.44 bits per heavy atom. The predicted molar refractivity (Wildman–Crippen MR) is 77.7 cm³/mol. The lowest BCUT2D eigenvalue weighted by atomic mass is 10.2. The fourth-order valence-corrected chi connectivity index (χ4v) is 4.33. The highest BCUT2D eigenvalue weighted by atomic mass is 32.2. The Bertz CT molecular complexity index is 405. The zero-order valence-electron chi connectivity index (χ0n) is 10.5. The largest absolute Gasteiger partial charge is 0.477 e.